The van der Waals surface area contributed by atoms with E-state index in [9.17, 15) is 14.0 Å². The molecular weight excluding hydrogens is 439 g/mol. The van der Waals surface area contributed by atoms with Crippen LogP contribution in [-0.4, -0.2) is 25.6 Å². The first-order valence-corrected chi connectivity index (χ1v) is 10.9. The van der Waals surface area contributed by atoms with E-state index in [1.165, 1.54) is 30.5 Å². The van der Waals surface area contributed by atoms with Gasteiger partial charge >= 0.3 is 0 Å². The number of benzene rings is 3. The van der Waals surface area contributed by atoms with Gasteiger partial charge in [0.1, 0.15) is 36.6 Å². The van der Waals surface area contributed by atoms with Crippen LogP contribution in [-0.2, 0) is 6.42 Å². The van der Waals surface area contributed by atoms with Gasteiger partial charge < -0.3 is 18.6 Å². The fourth-order valence-corrected chi connectivity index (χ4v) is 3.89. The minimum atomic E-state index is -0.411. The molecule has 4 aromatic rings. The molecule has 1 aliphatic heterocycles. The Bertz CT molecular complexity index is 1440. The van der Waals surface area contributed by atoms with Crippen molar-refractivity contribution in [2.24, 2.45) is 0 Å². The van der Waals surface area contributed by atoms with Crippen molar-refractivity contribution in [1.82, 2.24) is 0 Å². The average molecular weight is 460 g/mol. The van der Waals surface area contributed by atoms with Gasteiger partial charge in [-0.05, 0) is 60.0 Å². The maximum Gasteiger partial charge on any atom is 0.200 e. The maximum absolute atomic E-state index is 13.3. The van der Waals surface area contributed by atoms with Crippen LogP contribution in [0.1, 0.15) is 22.8 Å². The number of aryl methyl sites for hydroxylation is 1. The van der Waals surface area contributed by atoms with Crippen LogP contribution in [0.4, 0.5) is 4.39 Å². The zero-order valence-electron chi connectivity index (χ0n) is 18.4. The van der Waals surface area contributed by atoms with Gasteiger partial charge in [-0.2, -0.15) is 0 Å². The molecule has 3 aromatic carbocycles. The number of halogens is 1. The summed E-state index contributed by atoms with van der Waals surface area (Å²) in [5.74, 6) is 1.00. The smallest absolute Gasteiger partial charge is 0.200 e. The Balaban J connectivity index is 1.45. The molecule has 0 atom stereocenters. The van der Waals surface area contributed by atoms with Gasteiger partial charge in [0, 0.05) is 11.6 Å². The van der Waals surface area contributed by atoms with Gasteiger partial charge in [-0.1, -0.05) is 13.0 Å². The first-order chi connectivity index (χ1) is 16.5. The van der Waals surface area contributed by atoms with Crippen molar-refractivity contribution in [1.29, 1.82) is 0 Å². The summed E-state index contributed by atoms with van der Waals surface area (Å²) in [4.78, 5) is 25.7. The Morgan fingerprint density at radius 3 is 2.53 bits per heavy atom. The number of hydrogen-bond donors (Lipinski definition) is 0. The fraction of sp³-hybridized carbons (Fsp3) is 0.185. The van der Waals surface area contributed by atoms with Crippen LogP contribution in [0.5, 0.6) is 17.2 Å². The zero-order valence-corrected chi connectivity index (χ0v) is 18.4. The molecule has 0 radical (unpaired) electrons. The number of ketones is 1. The molecule has 5 rings (SSSR count). The van der Waals surface area contributed by atoms with Crippen LogP contribution in [0, 0.1) is 5.82 Å². The highest BCUT2D eigenvalue weighted by Crippen LogP contribution is 2.34. The normalized spacial score (nSPS) is 12.5. The van der Waals surface area contributed by atoms with Crippen LogP contribution < -0.4 is 19.6 Å². The fourth-order valence-electron chi connectivity index (χ4n) is 3.89. The van der Waals surface area contributed by atoms with Crippen LogP contribution in [0.15, 0.2) is 70.1 Å². The van der Waals surface area contributed by atoms with Crippen LogP contribution in [0.25, 0.3) is 22.1 Å². The van der Waals surface area contributed by atoms with Crippen molar-refractivity contribution in [3.8, 4) is 28.4 Å². The van der Waals surface area contributed by atoms with Crippen LogP contribution in [0.3, 0.4) is 0 Å². The summed E-state index contributed by atoms with van der Waals surface area (Å²) < 4.78 is 35.8. The predicted molar refractivity (Wildman–Crippen MR) is 125 cm³/mol. The van der Waals surface area contributed by atoms with E-state index >= 15 is 0 Å². The van der Waals surface area contributed by atoms with Crippen LogP contribution >= 0.6 is 0 Å². The number of carbonyl (C=O) groups is 1. The van der Waals surface area contributed by atoms with Crippen molar-refractivity contribution >= 4 is 16.8 Å². The van der Waals surface area contributed by atoms with Gasteiger partial charge in [0.05, 0.1) is 10.9 Å². The maximum atomic E-state index is 13.3. The molecule has 0 N–H and O–H groups in total. The molecule has 0 spiro atoms. The van der Waals surface area contributed by atoms with E-state index < -0.39 is 5.82 Å². The Hall–Kier alpha value is -4.13. The molecule has 0 aliphatic carbocycles. The molecule has 1 aromatic heterocycles. The Morgan fingerprint density at radius 1 is 1.00 bits per heavy atom. The van der Waals surface area contributed by atoms with Gasteiger partial charge in [-0.3, -0.25) is 9.59 Å². The summed E-state index contributed by atoms with van der Waals surface area (Å²) in [5, 5.41) is 0.418. The van der Waals surface area contributed by atoms with Crippen molar-refractivity contribution in [2.45, 2.75) is 13.3 Å². The monoisotopic (exact) mass is 460 g/mol. The molecule has 6 nitrogen and oxygen atoms in total. The van der Waals surface area contributed by atoms with Crippen molar-refractivity contribution in [3.05, 3.63) is 88.0 Å². The molecule has 7 heteroatoms. The number of rotatable bonds is 6. The summed E-state index contributed by atoms with van der Waals surface area (Å²) in [5.41, 5.74) is 2.38. The second-order valence-electron chi connectivity index (χ2n) is 7.87. The highest BCUT2D eigenvalue weighted by atomic mass is 19.1. The number of ether oxygens (including phenoxy) is 3. The molecule has 0 saturated carbocycles. The molecule has 2 heterocycles. The summed E-state index contributed by atoms with van der Waals surface area (Å²) in [6, 6.07) is 14.0. The van der Waals surface area contributed by atoms with Gasteiger partial charge in [-0.25, -0.2) is 4.39 Å². The lowest BCUT2D eigenvalue weighted by molar-refractivity contribution is 0.0921. The van der Waals surface area contributed by atoms with E-state index in [4.69, 9.17) is 18.6 Å². The predicted octanol–water partition coefficient (Wildman–Crippen LogP) is 5.19. The molecule has 0 bridgehead atoms. The topological polar surface area (TPSA) is 75.0 Å². The Kier molecular flexibility index (Phi) is 5.76. The first-order valence-electron chi connectivity index (χ1n) is 10.9. The number of fused-ring (bicyclic) bond motifs is 2. The van der Waals surface area contributed by atoms with E-state index in [1.54, 1.807) is 30.3 Å². The second-order valence-corrected chi connectivity index (χ2v) is 7.87. The molecule has 172 valence electrons. The molecule has 0 saturated heterocycles. The number of Topliss-reactive ketones (excluding diaryl/α,β-unsaturated/α-hetero) is 1. The van der Waals surface area contributed by atoms with E-state index in [2.05, 4.69) is 0 Å². The molecular formula is C27H21FO6. The summed E-state index contributed by atoms with van der Waals surface area (Å²) in [6.45, 7) is 2.66. The molecule has 34 heavy (non-hydrogen) atoms. The number of carbonyl (C=O) groups excluding carboxylic acids is 1. The minimum absolute atomic E-state index is 0.179. The SMILES string of the molecule is CCc1cc2c(=O)c(-c3ccc4c(c3)OCCO4)coc2cc1OCC(=O)c1ccc(F)cc1. The van der Waals surface area contributed by atoms with Gasteiger partial charge in [0.25, 0.3) is 0 Å². The van der Waals surface area contributed by atoms with Crippen molar-refractivity contribution in [2.75, 3.05) is 19.8 Å². The third-order valence-electron chi connectivity index (χ3n) is 5.71. The van der Waals surface area contributed by atoms with E-state index in [0.717, 1.165) is 5.56 Å². The van der Waals surface area contributed by atoms with Gasteiger partial charge in [0.15, 0.2) is 23.9 Å². The minimum Gasteiger partial charge on any atom is -0.486 e. The Morgan fingerprint density at radius 2 is 1.76 bits per heavy atom. The third-order valence-corrected chi connectivity index (χ3v) is 5.71. The van der Waals surface area contributed by atoms with E-state index in [1.807, 2.05) is 6.92 Å². The molecule has 1 aliphatic rings. The Labute approximate surface area is 194 Å². The molecule has 0 unspecified atom stereocenters. The highest BCUT2D eigenvalue weighted by Gasteiger charge is 2.17. The summed E-state index contributed by atoms with van der Waals surface area (Å²) in [7, 11) is 0. The van der Waals surface area contributed by atoms with E-state index in [-0.39, 0.29) is 17.8 Å². The summed E-state index contributed by atoms with van der Waals surface area (Å²) in [6.07, 6.45) is 2.00. The number of hydrogen-bond acceptors (Lipinski definition) is 6. The standard InChI is InChI=1S/C27H21FO6/c1-2-16-11-20-25(13-24(16)34-15-22(29)17-3-6-19(28)7-4-17)33-14-21(27(20)30)18-5-8-23-26(12-18)32-10-9-31-23/h3-8,11-14H,2,9-10,15H2,1H3. The average Bonchev–Trinajstić information content (AvgIpc) is 2.87. The third kappa shape index (κ3) is 4.12. The largest absolute Gasteiger partial charge is 0.486 e. The van der Waals surface area contributed by atoms with Gasteiger partial charge in [0.2, 0.25) is 5.43 Å². The molecule has 0 fully saturated rings. The lowest BCUT2D eigenvalue weighted by atomic mass is 10.0. The van der Waals surface area contributed by atoms with Crippen molar-refractivity contribution < 1.29 is 27.8 Å². The summed E-state index contributed by atoms with van der Waals surface area (Å²) >= 11 is 0. The quantitative estimate of drug-likeness (QED) is 0.369. The second kappa shape index (κ2) is 9.02. The van der Waals surface area contributed by atoms with Crippen LogP contribution in [0.2, 0.25) is 0 Å². The van der Waals surface area contributed by atoms with Gasteiger partial charge in [-0.15, -0.1) is 0 Å². The highest BCUT2D eigenvalue weighted by molar-refractivity contribution is 5.97. The van der Waals surface area contributed by atoms with Crippen molar-refractivity contribution in [3.63, 3.8) is 0 Å². The first kappa shape index (κ1) is 21.7. The van der Waals surface area contributed by atoms with E-state index in [0.29, 0.717) is 64.5 Å². The lowest BCUT2D eigenvalue weighted by Gasteiger charge is -2.18. The lowest BCUT2D eigenvalue weighted by Crippen LogP contribution is -2.15. The molecule has 0 amide bonds. The zero-order chi connectivity index (χ0) is 23.7.